The summed E-state index contributed by atoms with van der Waals surface area (Å²) in [5.74, 6) is 0.108. The van der Waals surface area contributed by atoms with E-state index >= 15 is 0 Å². The van der Waals surface area contributed by atoms with Gasteiger partial charge in [-0.3, -0.25) is 14.5 Å². The molecule has 0 heterocycles. The first-order valence-electron chi connectivity index (χ1n) is 7.96. The summed E-state index contributed by atoms with van der Waals surface area (Å²) in [6.07, 6.45) is 0. The maximum Gasteiger partial charge on any atom is 0.251 e. The van der Waals surface area contributed by atoms with Crippen molar-refractivity contribution in [1.29, 1.82) is 0 Å². The molecule has 0 bridgehead atoms. The van der Waals surface area contributed by atoms with E-state index in [0.29, 0.717) is 23.5 Å². The molecule has 2 amide bonds. The lowest BCUT2D eigenvalue weighted by atomic mass is 10.1. The van der Waals surface area contributed by atoms with Crippen LogP contribution in [-0.4, -0.2) is 44.5 Å². The Labute approximate surface area is 147 Å². The number of likely N-dealkylation sites (N-methyl/N-ethyl adjacent to an activating group) is 1. The fourth-order valence-corrected chi connectivity index (χ4v) is 2.48. The zero-order chi connectivity index (χ0) is 18.2. The molecule has 2 aromatic rings. The number of anilines is 1. The van der Waals surface area contributed by atoms with Gasteiger partial charge >= 0.3 is 0 Å². The number of amides is 2. The van der Waals surface area contributed by atoms with Gasteiger partial charge in [0.2, 0.25) is 5.91 Å². The van der Waals surface area contributed by atoms with Crippen LogP contribution in [-0.2, 0) is 11.3 Å². The van der Waals surface area contributed by atoms with E-state index in [-0.39, 0.29) is 18.4 Å². The second kappa shape index (κ2) is 8.84. The van der Waals surface area contributed by atoms with Gasteiger partial charge in [0.1, 0.15) is 5.75 Å². The molecule has 6 heteroatoms. The number of methoxy groups -OCH3 is 1. The molecule has 0 saturated carbocycles. The Morgan fingerprint density at radius 3 is 2.48 bits per heavy atom. The molecule has 0 aliphatic carbocycles. The van der Waals surface area contributed by atoms with Gasteiger partial charge in [-0.05, 0) is 30.8 Å². The number of nitrogens with zero attached hydrogens (tertiary/aromatic N) is 1. The van der Waals surface area contributed by atoms with Crippen molar-refractivity contribution in [1.82, 2.24) is 10.2 Å². The van der Waals surface area contributed by atoms with E-state index in [2.05, 4.69) is 10.6 Å². The predicted octanol–water partition coefficient (Wildman–Crippen LogP) is 2.13. The summed E-state index contributed by atoms with van der Waals surface area (Å²) in [5, 5.41) is 5.37. The quantitative estimate of drug-likeness (QED) is 0.809. The molecule has 2 rings (SSSR count). The monoisotopic (exact) mass is 341 g/mol. The molecular weight excluding hydrogens is 318 g/mol. The SMILES string of the molecule is CNC(=O)c1ccc(OC)c(NC(=O)CN(C)Cc2ccccc2)c1. The number of carbonyl (C=O) groups is 2. The van der Waals surface area contributed by atoms with Crippen molar-refractivity contribution < 1.29 is 14.3 Å². The van der Waals surface area contributed by atoms with E-state index in [9.17, 15) is 9.59 Å². The summed E-state index contributed by atoms with van der Waals surface area (Å²) in [4.78, 5) is 26.0. The van der Waals surface area contributed by atoms with Crippen molar-refractivity contribution in [3.05, 3.63) is 59.7 Å². The van der Waals surface area contributed by atoms with Gasteiger partial charge in [-0.2, -0.15) is 0 Å². The summed E-state index contributed by atoms with van der Waals surface area (Å²) in [6.45, 7) is 0.895. The Bertz CT molecular complexity index is 732. The Kier molecular flexibility index (Phi) is 6.54. The third kappa shape index (κ3) is 5.32. The van der Waals surface area contributed by atoms with Crippen LogP contribution in [0.4, 0.5) is 5.69 Å². The maximum atomic E-state index is 12.3. The topological polar surface area (TPSA) is 70.7 Å². The Morgan fingerprint density at radius 2 is 1.84 bits per heavy atom. The van der Waals surface area contributed by atoms with E-state index in [0.717, 1.165) is 5.56 Å². The van der Waals surface area contributed by atoms with Gasteiger partial charge < -0.3 is 15.4 Å². The first kappa shape index (κ1) is 18.5. The van der Waals surface area contributed by atoms with Crippen molar-refractivity contribution >= 4 is 17.5 Å². The molecule has 0 saturated heterocycles. The second-order valence-corrected chi connectivity index (χ2v) is 5.70. The fourth-order valence-electron chi connectivity index (χ4n) is 2.48. The molecule has 132 valence electrons. The Morgan fingerprint density at radius 1 is 1.12 bits per heavy atom. The average Bonchev–Trinajstić information content (AvgIpc) is 2.61. The highest BCUT2D eigenvalue weighted by atomic mass is 16.5. The molecule has 0 radical (unpaired) electrons. The van der Waals surface area contributed by atoms with E-state index in [1.165, 1.54) is 7.11 Å². The number of rotatable bonds is 7. The Hall–Kier alpha value is -2.86. The third-order valence-corrected chi connectivity index (χ3v) is 3.67. The zero-order valence-corrected chi connectivity index (χ0v) is 14.7. The number of hydrogen-bond acceptors (Lipinski definition) is 4. The normalized spacial score (nSPS) is 10.4. The standard InChI is InChI=1S/C19H23N3O3/c1-20-19(24)15-9-10-17(25-3)16(11-15)21-18(23)13-22(2)12-14-7-5-4-6-8-14/h4-11H,12-13H2,1-3H3,(H,20,24)(H,21,23). The summed E-state index contributed by atoms with van der Waals surface area (Å²) in [7, 11) is 4.96. The molecule has 0 fully saturated rings. The molecule has 0 spiro atoms. The first-order chi connectivity index (χ1) is 12.0. The van der Waals surface area contributed by atoms with Crippen LogP contribution in [0.5, 0.6) is 5.75 Å². The summed E-state index contributed by atoms with van der Waals surface area (Å²) in [6, 6.07) is 14.8. The van der Waals surface area contributed by atoms with Crippen LogP contribution in [0.25, 0.3) is 0 Å². The molecular formula is C19H23N3O3. The smallest absolute Gasteiger partial charge is 0.251 e. The molecule has 0 atom stereocenters. The zero-order valence-electron chi connectivity index (χ0n) is 14.7. The Balaban J connectivity index is 2.02. The van der Waals surface area contributed by atoms with Crippen molar-refractivity contribution in [2.45, 2.75) is 6.54 Å². The van der Waals surface area contributed by atoms with E-state index < -0.39 is 0 Å². The van der Waals surface area contributed by atoms with Crippen LogP contribution in [0, 0.1) is 0 Å². The third-order valence-electron chi connectivity index (χ3n) is 3.67. The number of carbonyl (C=O) groups excluding carboxylic acids is 2. The summed E-state index contributed by atoms with van der Waals surface area (Å²) >= 11 is 0. The molecule has 2 aromatic carbocycles. The van der Waals surface area contributed by atoms with Crippen LogP contribution < -0.4 is 15.4 Å². The van der Waals surface area contributed by atoms with E-state index in [4.69, 9.17) is 4.74 Å². The fraction of sp³-hybridized carbons (Fsp3) is 0.263. The minimum atomic E-state index is -0.223. The maximum absolute atomic E-state index is 12.3. The molecule has 0 aliphatic heterocycles. The second-order valence-electron chi connectivity index (χ2n) is 5.70. The largest absolute Gasteiger partial charge is 0.495 e. The van der Waals surface area contributed by atoms with Crippen molar-refractivity contribution in [2.24, 2.45) is 0 Å². The van der Waals surface area contributed by atoms with Gasteiger partial charge in [0.25, 0.3) is 5.91 Å². The molecule has 0 unspecified atom stereocenters. The first-order valence-corrected chi connectivity index (χ1v) is 7.96. The lowest BCUT2D eigenvalue weighted by molar-refractivity contribution is -0.117. The lowest BCUT2D eigenvalue weighted by Crippen LogP contribution is -2.30. The minimum absolute atomic E-state index is 0.175. The molecule has 2 N–H and O–H groups in total. The van der Waals surface area contributed by atoms with Crippen LogP contribution >= 0.6 is 0 Å². The van der Waals surface area contributed by atoms with Gasteiger partial charge in [-0.1, -0.05) is 30.3 Å². The van der Waals surface area contributed by atoms with Gasteiger partial charge in [-0.15, -0.1) is 0 Å². The predicted molar refractivity (Wildman–Crippen MR) is 97.8 cm³/mol. The van der Waals surface area contributed by atoms with Gasteiger partial charge in [0, 0.05) is 19.2 Å². The van der Waals surface area contributed by atoms with Gasteiger partial charge in [0.15, 0.2) is 0 Å². The summed E-state index contributed by atoms with van der Waals surface area (Å²) < 4.78 is 5.26. The van der Waals surface area contributed by atoms with E-state index in [1.807, 2.05) is 42.3 Å². The molecule has 0 aliphatic rings. The van der Waals surface area contributed by atoms with Crippen molar-refractivity contribution in [3.63, 3.8) is 0 Å². The molecule has 6 nitrogen and oxygen atoms in total. The average molecular weight is 341 g/mol. The van der Waals surface area contributed by atoms with Crippen LogP contribution in [0.3, 0.4) is 0 Å². The molecule has 25 heavy (non-hydrogen) atoms. The molecule has 0 aromatic heterocycles. The number of hydrogen-bond donors (Lipinski definition) is 2. The summed E-state index contributed by atoms with van der Waals surface area (Å²) in [5.41, 5.74) is 2.06. The van der Waals surface area contributed by atoms with Crippen LogP contribution in [0.15, 0.2) is 48.5 Å². The number of ether oxygens (including phenoxy) is 1. The van der Waals surface area contributed by atoms with Gasteiger partial charge in [0.05, 0.1) is 19.3 Å². The van der Waals surface area contributed by atoms with Crippen LogP contribution in [0.1, 0.15) is 15.9 Å². The van der Waals surface area contributed by atoms with Gasteiger partial charge in [-0.25, -0.2) is 0 Å². The highest BCUT2D eigenvalue weighted by Crippen LogP contribution is 2.25. The van der Waals surface area contributed by atoms with Crippen molar-refractivity contribution in [2.75, 3.05) is 33.1 Å². The number of nitrogens with one attached hydrogen (secondary N) is 2. The number of benzene rings is 2. The highest BCUT2D eigenvalue weighted by molar-refractivity contribution is 5.98. The van der Waals surface area contributed by atoms with E-state index in [1.54, 1.807) is 25.2 Å². The van der Waals surface area contributed by atoms with Crippen LogP contribution in [0.2, 0.25) is 0 Å². The highest BCUT2D eigenvalue weighted by Gasteiger charge is 2.13. The van der Waals surface area contributed by atoms with Crippen molar-refractivity contribution in [3.8, 4) is 5.75 Å². The minimum Gasteiger partial charge on any atom is -0.495 e. The lowest BCUT2D eigenvalue weighted by Gasteiger charge is -2.17.